The molecule has 0 unspecified atom stereocenters. The number of likely N-dealkylation sites (tertiary alicyclic amines) is 1. The molecule has 2 aromatic carbocycles. The van der Waals surface area contributed by atoms with Gasteiger partial charge in [0, 0.05) is 13.1 Å². The predicted octanol–water partition coefficient (Wildman–Crippen LogP) is 3.73. The van der Waals surface area contributed by atoms with Crippen molar-refractivity contribution in [2.24, 2.45) is 0 Å². The summed E-state index contributed by atoms with van der Waals surface area (Å²) in [7, 11) is 0. The molecule has 120 valence electrons. The van der Waals surface area contributed by atoms with Crippen LogP contribution in [0.1, 0.15) is 6.42 Å². The molecular weight excluding hydrogens is 316 g/mol. The third-order valence-corrected chi connectivity index (χ3v) is 3.95. The van der Waals surface area contributed by atoms with Gasteiger partial charge < -0.3 is 20.1 Å². The summed E-state index contributed by atoms with van der Waals surface area (Å²) in [5.74, 6) is 1.03. The summed E-state index contributed by atoms with van der Waals surface area (Å²) >= 11 is 6.10. The van der Waals surface area contributed by atoms with Gasteiger partial charge in [0.25, 0.3) is 0 Å². The number of halogens is 1. The minimum absolute atomic E-state index is 0.253. The smallest absolute Gasteiger partial charge is 0.322 e. The van der Waals surface area contributed by atoms with Crippen LogP contribution < -0.4 is 10.1 Å². The number of hydrogen-bond donors (Lipinski definition) is 2. The van der Waals surface area contributed by atoms with Crippen molar-refractivity contribution in [3.05, 3.63) is 53.6 Å². The molecule has 0 saturated carbocycles. The monoisotopic (exact) mass is 332 g/mol. The van der Waals surface area contributed by atoms with E-state index in [2.05, 4.69) is 5.32 Å². The van der Waals surface area contributed by atoms with Crippen molar-refractivity contribution in [1.82, 2.24) is 4.90 Å². The standard InChI is InChI=1S/C17H17ClN2O3/c18-13-5-1-3-7-15(13)23-16-8-4-2-6-14(16)19-17(22)20-10-9-12(21)11-20/h1-8,12,21H,9-11H2,(H,19,22)/t12-/m1/s1. The van der Waals surface area contributed by atoms with Gasteiger partial charge in [-0.3, -0.25) is 0 Å². The molecule has 2 amide bonds. The Kier molecular flexibility index (Phi) is 4.69. The van der Waals surface area contributed by atoms with Gasteiger partial charge in [0.1, 0.15) is 5.75 Å². The van der Waals surface area contributed by atoms with Crippen LogP contribution >= 0.6 is 11.6 Å². The van der Waals surface area contributed by atoms with Gasteiger partial charge in [-0.05, 0) is 30.7 Å². The molecule has 1 aliphatic rings. The zero-order valence-electron chi connectivity index (χ0n) is 12.4. The van der Waals surface area contributed by atoms with Gasteiger partial charge in [-0.2, -0.15) is 0 Å². The van der Waals surface area contributed by atoms with E-state index in [1.54, 1.807) is 29.2 Å². The van der Waals surface area contributed by atoms with Gasteiger partial charge in [0.05, 0.1) is 16.8 Å². The van der Waals surface area contributed by atoms with Crippen LogP contribution in [0.4, 0.5) is 10.5 Å². The van der Waals surface area contributed by atoms with Crippen LogP contribution in [0.25, 0.3) is 0 Å². The van der Waals surface area contributed by atoms with Gasteiger partial charge in [-0.1, -0.05) is 35.9 Å². The van der Waals surface area contributed by atoms with Crippen LogP contribution in [0.5, 0.6) is 11.5 Å². The molecule has 0 spiro atoms. The molecule has 1 saturated heterocycles. The molecule has 23 heavy (non-hydrogen) atoms. The topological polar surface area (TPSA) is 61.8 Å². The summed E-state index contributed by atoms with van der Waals surface area (Å²) in [5, 5.41) is 12.9. The summed E-state index contributed by atoms with van der Waals surface area (Å²) in [6.07, 6.45) is 0.154. The van der Waals surface area contributed by atoms with E-state index in [-0.39, 0.29) is 6.03 Å². The summed E-state index contributed by atoms with van der Waals surface area (Å²) in [6.45, 7) is 0.889. The Balaban J connectivity index is 1.76. The van der Waals surface area contributed by atoms with Crippen molar-refractivity contribution in [3.8, 4) is 11.5 Å². The summed E-state index contributed by atoms with van der Waals surface area (Å²) in [5.41, 5.74) is 0.554. The molecule has 1 fully saturated rings. The van der Waals surface area contributed by atoms with Crippen LogP contribution in [0.2, 0.25) is 5.02 Å². The van der Waals surface area contributed by atoms with Crippen LogP contribution in [0, 0.1) is 0 Å². The lowest BCUT2D eigenvalue weighted by Gasteiger charge is -2.18. The minimum Gasteiger partial charge on any atom is -0.454 e. The average molecular weight is 333 g/mol. The number of hydrogen-bond acceptors (Lipinski definition) is 3. The number of aliphatic hydroxyl groups excluding tert-OH is 1. The second-order valence-electron chi connectivity index (χ2n) is 5.35. The van der Waals surface area contributed by atoms with Crippen molar-refractivity contribution in [3.63, 3.8) is 0 Å². The normalized spacial score (nSPS) is 17.1. The number of carbonyl (C=O) groups is 1. The van der Waals surface area contributed by atoms with E-state index < -0.39 is 6.10 Å². The van der Waals surface area contributed by atoms with Gasteiger partial charge in [-0.25, -0.2) is 4.79 Å². The summed E-state index contributed by atoms with van der Waals surface area (Å²) in [6, 6.07) is 14.1. The molecule has 1 heterocycles. The molecule has 1 aliphatic heterocycles. The number of β-amino-alcohol motifs (C(OH)–C–C–N with tert-alkyl or cyclic N) is 1. The Labute approximate surface area is 139 Å². The lowest BCUT2D eigenvalue weighted by atomic mass is 10.3. The maximum absolute atomic E-state index is 12.3. The van der Waals surface area contributed by atoms with Crippen LogP contribution in [0.15, 0.2) is 48.5 Å². The van der Waals surface area contributed by atoms with Crippen LogP contribution in [0.3, 0.4) is 0 Å². The first kappa shape index (κ1) is 15.6. The van der Waals surface area contributed by atoms with Crippen LogP contribution in [-0.4, -0.2) is 35.2 Å². The van der Waals surface area contributed by atoms with E-state index in [9.17, 15) is 9.90 Å². The fraction of sp³-hybridized carbons (Fsp3) is 0.235. The van der Waals surface area contributed by atoms with Gasteiger partial charge in [-0.15, -0.1) is 0 Å². The second kappa shape index (κ2) is 6.89. The SMILES string of the molecule is O=C(Nc1ccccc1Oc1ccccc1Cl)N1CC[C@@H](O)C1. The van der Waals surface area contributed by atoms with E-state index in [0.29, 0.717) is 41.7 Å². The number of rotatable bonds is 3. The first-order valence-corrected chi connectivity index (χ1v) is 7.76. The van der Waals surface area contributed by atoms with Crippen molar-refractivity contribution >= 4 is 23.3 Å². The Bertz CT molecular complexity index is 708. The number of ether oxygens (including phenoxy) is 1. The number of nitrogens with one attached hydrogen (secondary N) is 1. The Morgan fingerprint density at radius 2 is 1.87 bits per heavy atom. The molecule has 3 rings (SSSR count). The highest BCUT2D eigenvalue weighted by Crippen LogP contribution is 2.33. The fourth-order valence-electron chi connectivity index (χ4n) is 2.43. The molecule has 0 bridgehead atoms. The minimum atomic E-state index is -0.449. The quantitative estimate of drug-likeness (QED) is 0.900. The van der Waals surface area contributed by atoms with Crippen molar-refractivity contribution in [1.29, 1.82) is 0 Å². The molecule has 0 aliphatic carbocycles. The Morgan fingerprint density at radius 3 is 2.57 bits per heavy atom. The molecule has 2 aromatic rings. The van der Waals surface area contributed by atoms with E-state index >= 15 is 0 Å². The van der Waals surface area contributed by atoms with Gasteiger partial charge in [0.15, 0.2) is 5.75 Å². The average Bonchev–Trinajstić information content (AvgIpc) is 2.98. The summed E-state index contributed by atoms with van der Waals surface area (Å²) < 4.78 is 5.81. The Morgan fingerprint density at radius 1 is 1.17 bits per heavy atom. The summed E-state index contributed by atoms with van der Waals surface area (Å²) in [4.78, 5) is 13.8. The first-order chi connectivity index (χ1) is 11.1. The van der Waals surface area contributed by atoms with Crippen molar-refractivity contribution in [2.45, 2.75) is 12.5 Å². The maximum atomic E-state index is 12.3. The predicted molar refractivity (Wildman–Crippen MR) is 89.2 cm³/mol. The third-order valence-electron chi connectivity index (χ3n) is 3.64. The van der Waals surface area contributed by atoms with Crippen LogP contribution in [-0.2, 0) is 0 Å². The second-order valence-corrected chi connectivity index (χ2v) is 5.75. The van der Waals surface area contributed by atoms with Gasteiger partial charge in [0.2, 0.25) is 0 Å². The number of nitrogens with zero attached hydrogens (tertiary/aromatic N) is 1. The number of amides is 2. The van der Waals surface area contributed by atoms with E-state index in [4.69, 9.17) is 16.3 Å². The highest BCUT2D eigenvalue weighted by molar-refractivity contribution is 6.32. The number of aliphatic hydroxyl groups is 1. The number of anilines is 1. The molecule has 0 radical (unpaired) electrons. The van der Waals surface area contributed by atoms with Crippen molar-refractivity contribution in [2.75, 3.05) is 18.4 Å². The molecular formula is C17H17ClN2O3. The first-order valence-electron chi connectivity index (χ1n) is 7.39. The number of benzene rings is 2. The van der Waals surface area contributed by atoms with E-state index in [1.165, 1.54) is 0 Å². The van der Waals surface area contributed by atoms with E-state index in [0.717, 1.165) is 0 Å². The number of carbonyl (C=O) groups excluding carboxylic acids is 1. The highest BCUT2D eigenvalue weighted by Gasteiger charge is 2.25. The molecule has 2 N–H and O–H groups in total. The molecule has 6 heteroatoms. The maximum Gasteiger partial charge on any atom is 0.322 e. The van der Waals surface area contributed by atoms with Crippen molar-refractivity contribution < 1.29 is 14.6 Å². The highest BCUT2D eigenvalue weighted by atomic mass is 35.5. The molecule has 0 aromatic heterocycles. The van der Waals surface area contributed by atoms with Gasteiger partial charge >= 0.3 is 6.03 Å². The Hall–Kier alpha value is -2.24. The molecule has 1 atom stereocenters. The largest absolute Gasteiger partial charge is 0.454 e. The lowest BCUT2D eigenvalue weighted by molar-refractivity contribution is 0.176. The lowest BCUT2D eigenvalue weighted by Crippen LogP contribution is -2.33. The zero-order chi connectivity index (χ0) is 16.2. The van der Waals surface area contributed by atoms with E-state index in [1.807, 2.05) is 24.3 Å². The molecule has 5 nitrogen and oxygen atoms in total. The zero-order valence-corrected chi connectivity index (χ0v) is 13.2. The third kappa shape index (κ3) is 3.75. The number of para-hydroxylation sites is 3. The number of urea groups is 1. The fourth-order valence-corrected chi connectivity index (χ4v) is 2.60.